The lowest BCUT2D eigenvalue weighted by atomic mass is 9.84. The SMILES string of the molecule is N#Cc1cccc(OC2CCN(C(=O)C(C#N)C(SCP)C3(c4ccccc4)CC3)CC2)c1. The largest absolute Gasteiger partial charge is 0.490 e. The lowest BCUT2D eigenvalue weighted by Gasteiger charge is -2.36. The fourth-order valence-electron chi connectivity index (χ4n) is 4.80. The van der Waals surface area contributed by atoms with E-state index in [4.69, 9.17) is 10.00 Å². The molecule has 1 aliphatic carbocycles. The molecule has 0 aromatic heterocycles. The monoisotopic (exact) mass is 477 g/mol. The third-order valence-corrected chi connectivity index (χ3v) is 8.54. The lowest BCUT2D eigenvalue weighted by molar-refractivity contribution is -0.135. The van der Waals surface area contributed by atoms with Gasteiger partial charge in [0, 0.05) is 42.1 Å². The van der Waals surface area contributed by atoms with E-state index < -0.39 is 5.92 Å². The topological polar surface area (TPSA) is 77.1 Å². The Kier molecular flexibility index (Phi) is 7.59. The highest BCUT2D eigenvalue weighted by atomic mass is 32.2. The van der Waals surface area contributed by atoms with Gasteiger partial charge in [0.15, 0.2) is 0 Å². The summed E-state index contributed by atoms with van der Waals surface area (Å²) in [6.45, 7) is 1.16. The standard InChI is InChI=1S/C26H28N3O2PS/c27-16-19-5-4-8-22(15-19)31-21-9-13-29(14-10-21)25(30)23(17-28)24(33-18-32)26(11-12-26)20-6-2-1-3-7-20/h1-8,15,21,23-24H,9-14,18,32H2. The first kappa shape index (κ1) is 23.6. The zero-order chi connectivity index (χ0) is 23.3. The predicted octanol–water partition coefficient (Wildman–Crippen LogP) is 4.73. The third kappa shape index (κ3) is 5.19. The summed E-state index contributed by atoms with van der Waals surface area (Å²) in [6, 6.07) is 22.0. The fraction of sp³-hybridized carbons (Fsp3) is 0.423. The minimum Gasteiger partial charge on any atom is -0.490 e. The van der Waals surface area contributed by atoms with E-state index in [0.29, 0.717) is 37.2 Å². The quantitative estimate of drug-likeness (QED) is 0.514. The number of carbonyl (C=O) groups is 1. The highest BCUT2D eigenvalue weighted by Gasteiger charge is 2.55. The number of rotatable bonds is 8. The van der Waals surface area contributed by atoms with E-state index in [2.05, 4.69) is 33.5 Å². The molecule has 7 heteroatoms. The van der Waals surface area contributed by atoms with Gasteiger partial charge in [0.2, 0.25) is 5.91 Å². The maximum absolute atomic E-state index is 13.5. The molecule has 3 atom stereocenters. The van der Waals surface area contributed by atoms with Crippen LogP contribution in [0.5, 0.6) is 5.75 Å². The van der Waals surface area contributed by atoms with Crippen LogP contribution >= 0.6 is 21.0 Å². The Balaban J connectivity index is 1.42. The molecule has 2 fully saturated rings. The van der Waals surface area contributed by atoms with Gasteiger partial charge in [-0.2, -0.15) is 22.3 Å². The summed E-state index contributed by atoms with van der Waals surface area (Å²) in [4.78, 5) is 15.4. The molecule has 0 bridgehead atoms. The summed E-state index contributed by atoms with van der Waals surface area (Å²) in [7, 11) is 2.73. The smallest absolute Gasteiger partial charge is 0.241 e. The van der Waals surface area contributed by atoms with E-state index in [-0.39, 0.29) is 22.7 Å². The molecule has 1 heterocycles. The van der Waals surface area contributed by atoms with Crippen molar-refractivity contribution in [3.05, 3.63) is 65.7 Å². The van der Waals surface area contributed by atoms with Gasteiger partial charge >= 0.3 is 0 Å². The van der Waals surface area contributed by atoms with Gasteiger partial charge in [0.1, 0.15) is 17.8 Å². The van der Waals surface area contributed by atoms with Gasteiger partial charge in [-0.05, 0) is 36.6 Å². The van der Waals surface area contributed by atoms with Gasteiger partial charge in [-0.1, -0.05) is 36.4 Å². The van der Waals surface area contributed by atoms with E-state index in [1.807, 2.05) is 35.2 Å². The number of likely N-dealkylation sites (tertiary alicyclic amines) is 1. The second-order valence-electron chi connectivity index (χ2n) is 8.66. The molecule has 5 nitrogen and oxygen atoms in total. The molecule has 2 aromatic rings. The number of hydrogen-bond donors (Lipinski definition) is 0. The Hall–Kier alpha value is -2.53. The van der Waals surface area contributed by atoms with Crippen LogP contribution in [0.15, 0.2) is 54.6 Å². The molecular weight excluding hydrogens is 449 g/mol. The number of amides is 1. The minimum atomic E-state index is -0.664. The number of thioether (sulfide) groups is 1. The van der Waals surface area contributed by atoms with Crippen molar-refractivity contribution in [2.24, 2.45) is 5.92 Å². The molecule has 0 spiro atoms. The van der Waals surface area contributed by atoms with Crippen molar-refractivity contribution in [1.29, 1.82) is 10.5 Å². The normalized spacial score (nSPS) is 19.1. The van der Waals surface area contributed by atoms with Crippen molar-refractivity contribution < 1.29 is 9.53 Å². The van der Waals surface area contributed by atoms with Crippen LogP contribution in [0.4, 0.5) is 0 Å². The van der Waals surface area contributed by atoms with Crippen LogP contribution in [0.2, 0.25) is 0 Å². The number of benzene rings is 2. The average molecular weight is 478 g/mol. The van der Waals surface area contributed by atoms with Crippen molar-refractivity contribution in [3.8, 4) is 17.9 Å². The highest BCUT2D eigenvalue weighted by Crippen LogP contribution is 2.57. The van der Waals surface area contributed by atoms with E-state index in [0.717, 1.165) is 18.3 Å². The molecule has 0 radical (unpaired) electrons. The number of nitrogens with zero attached hydrogens (tertiary/aromatic N) is 3. The molecule has 33 heavy (non-hydrogen) atoms. The van der Waals surface area contributed by atoms with Crippen molar-refractivity contribution in [3.63, 3.8) is 0 Å². The second-order valence-corrected chi connectivity index (χ2v) is 10.8. The summed E-state index contributed by atoms with van der Waals surface area (Å²) in [5.41, 5.74) is 2.51. The maximum atomic E-state index is 13.5. The zero-order valence-corrected chi connectivity index (χ0v) is 20.5. The highest BCUT2D eigenvalue weighted by molar-refractivity contribution is 8.03. The molecule has 1 saturated carbocycles. The number of hydrogen-bond acceptors (Lipinski definition) is 5. The Bertz CT molecular complexity index is 1050. The van der Waals surface area contributed by atoms with E-state index in [1.165, 1.54) is 5.56 Å². The van der Waals surface area contributed by atoms with Crippen LogP contribution in [0.1, 0.15) is 36.8 Å². The first-order chi connectivity index (χ1) is 16.1. The summed E-state index contributed by atoms with van der Waals surface area (Å²) < 4.78 is 6.06. The number of nitriles is 2. The molecule has 170 valence electrons. The molecule has 4 rings (SSSR count). The van der Waals surface area contributed by atoms with Gasteiger partial charge in [0.25, 0.3) is 0 Å². The van der Waals surface area contributed by atoms with Crippen LogP contribution in [0.3, 0.4) is 0 Å². The molecule has 3 unspecified atom stereocenters. The van der Waals surface area contributed by atoms with Crippen LogP contribution < -0.4 is 4.74 Å². The Morgan fingerprint density at radius 1 is 1.15 bits per heavy atom. The lowest BCUT2D eigenvalue weighted by Crippen LogP contribution is -2.48. The van der Waals surface area contributed by atoms with Crippen LogP contribution in [0, 0.1) is 28.6 Å². The van der Waals surface area contributed by atoms with Gasteiger partial charge in [-0.15, -0.1) is 9.24 Å². The van der Waals surface area contributed by atoms with Gasteiger partial charge < -0.3 is 9.64 Å². The molecule has 1 amide bonds. The van der Waals surface area contributed by atoms with Crippen molar-refractivity contribution in [1.82, 2.24) is 4.90 Å². The Morgan fingerprint density at radius 2 is 1.88 bits per heavy atom. The molecule has 1 saturated heterocycles. The molecule has 2 aromatic carbocycles. The van der Waals surface area contributed by atoms with Crippen LogP contribution in [-0.4, -0.2) is 40.7 Å². The Morgan fingerprint density at radius 3 is 2.48 bits per heavy atom. The van der Waals surface area contributed by atoms with Gasteiger partial charge in [-0.25, -0.2) is 0 Å². The molecule has 1 aliphatic heterocycles. The first-order valence-electron chi connectivity index (χ1n) is 11.3. The van der Waals surface area contributed by atoms with Crippen LogP contribution in [0.25, 0.3) is 0 Å². The van der Waals surface area contributed by atoms with E-state index in [1.54, 1.807) is 23.9 Å². The minimum absolute atomic E-state index is 0.000152. The number of ether oxygens (including phenoxy) is 1. The van der Waals surface area contributed by atoms with Crippen molar-refractivity contribution >= 4 is 26.9 Å². The number of carbonyl (C=O) groups excluding carboxylic acids is 1. The van der Waals surface area contributed by atoms with Crippen molar-refractivity contribution in [2.45, 2.75) is 42.5 Å². The zero-order valence-electron chi connectivity index (χ0n) is 18.5. The van der Waals surface area contributed by atoms with Gasteiger partial charge in [0.05, 0.1) is 17.7 Å². The molecular formula is C26H28N3O2PS. The average Bonchev–Trinajstić information content (AvgIpc) is 3.67. The Labute approximate surface area is 202 Å². The second kappa shape index (κ2) is 10.6. The van der Waals surface area contributed by atoms with E-state index >= 15 is 0 Å². The molecule has 0 N–H and O–H groups in total. The fourth-order valence-corrected chi connectivity index (χ4v) is 6.69. The predicted molar refractivity (Wildman–Crippen MR) is 134 cm³/mol. The summed E-state index contributed by atoms with van der Waals surface area (Å²) in [5.74, 6) is -0.0345. The van der Waals surface area contributed by atoms with Crippen molar-refractivity contribution in [2.75, 3.05) is 18.6 Å². The van der Waals surface area contributed by atoms with E-state index in [9.17, 15) is 10.1 Å². The van der Waals surface area contributed by atoms with Crippen LogP contribution in [-0.2, 0) is 10.2 Å². The number of piperidine rings is 1. The first-order valence-corrected chi connectivity index (χ1v) is 13.2. The van der Waals surface area contributed by atoms with Gasteiger partial charge in [-0.3, -0.25) is 4.79 Å². The summed E-state index contributed by atoms with van der Waals surface area (Å²) in [5, 5.41) is 19.1. The summed E-state index contributed by atoms with van der Waals surface area (Å²) in [6.07, 6.45) is 3.46. The summed E-state index contributed by atoms with van der Waals surface area (Å²) >= 11 is 1.71. The molecule has 2 aliphatic rings. The maximum Gasteiger partial charge on any atom is 0.241 e. The third-order valence-electron chi connectivity index (χ3n) is 6.69.